The first-order valence-corrected chi connectivity index (χ1v) is 42.9. The molecule has 19 aromatic rings. The Kier molecular flexibility index (Phi) is 18.2. The normalized spacial score (nSPS) is 12.8. The number of anilines is 9. The molecule has 0 atom stereocenters. The minimum Gasteiger partial charge on any atom is -0.310 e. The third-order valence-electron chi connectivity index (χ3n) is 25.3. The predicted molar refractivity (Wildman–Crippen MR) is 518 cm³/mol. The van der Waals surface area contributed by atoms with Gasteiger partial charge in [-0.25, -0.2) is 0 Å². The molecule has 0 aliphatic carbocycles. The number of hydrogen-bond acceptors (Lipinski definition) is 3. The van der Waals surface area contributed by atoms with Crippen LogP contribution in [-0.4, -0.2) is 13.7 Å². The molecule has 0 aliphatic heterocycles. The largest absolute Gasteiger partial charge is 0.310 e. The average molecular weight is 1560 g/mol. The van der Waals surface area contributed by atoms with Crippen molar-refractivity contribution >= 4 is 149 Å². The lowest BCUT2D eigenvalue weighted by molar-refractivity contribution is 0.590. The second kappa shape index (κ2) is 28.4. The maximum atomic E-state index is 2.52. The van der Waals surface area contributed by atoms with Crippen LogP contribution in [0.1, 0.15) is 158 Å². The Morgan fingerprint density at radius 3 is 0.558 bits per heavy atom. The Balaban J connectivity index is 0.872. The highest BCUT2D eigenvalue weighted by molar-refractivity contribution is 6.13. The summed E-state index contributed by atoms with van der Waals surface area (Å²) in [6, 6.07) is 125. The average Bonchev–Trinajstić information content (AvgIpc) is 1.67. The summed E-state index contributed by atoms with van der Waals surface area (Å²) in [7, 11) is 0. The molecule has 0 saturated carbocycles. The van der Waals surface area contributed by atoms with Crippen molar-refractivity contribution < 1.29 is 0 Å². The highest BCUT2D eigenvalue weighted by atomic mass is 15.2. The van der Waals surface area contributed by atoms with Gasteiger partial charge in [-0.15, -0.1) is 0 Å². The summed E-state index contributed by atoms with van der Waals surface area (Å²) in [6.45, 7) is 41.7. The van der Waals surface area contributed by atoms with Crippen molar-refractivity contribution in [3.8, 4) is 17.1 Å². The van der Waals surface area contributed by atoms with Crippen LogP contribution >= 0.6 is 0 Å². The summed E-state index contributed by atoms with van der Waals surface area (Å²) in [6.07, 6.45) is 0. The predicted octanol–water partition coefficient (Wildman–Crippen LogP) is 32.6. The Hall–Kier alpha value is -12.9. The van der Waals surface area contributed by atoms with Crippen LogP contribution in [0.3, 0.4) is 0 Å². The van der Waals surface area contributed by atoms with E-state index in [9.17, 15) is 0 Å². The van der Waals surface area contributed by atoms with Crippen molar-refractivity contribution in [2.75, 3.05) is 14.7 Å². The van der Waals surface area contributed by atoms with E-state index in [0.29, 0.717) is 0 Å². The molecule has 0 unspecified atom stereocenters. The van der Waals surface area contributed by atoms with E-state index in [1.165, 1.54) is 98.8 Å². The molecule has 0 spiro atoms. The van der Waals surface area contributed by atoms with Crippen LogP contribution in [0.5, 0.6) is 0 Å². The van der Waals surface area contributed by atoms with Crippen molar-refractivity contribution in [2.45, 2.75) is 157 Å². The monoisotopic (exact) mass is 1560 g/mol. The zero-order valence-corrected chi connectivity index (χ0v) is 72.9. The van der Waals surface area contributed by atoms with Crippen molar-refractivity contribution in [3.63, 3.8) is 0 Å². The van der Waals surface area contributed by atoms with Crippen LogP contribution < -0.4 is 14.7 Å². The van der Waals surface area contributed by atoms with E-state index < -0.39 is 0 Å². The fourth-order valence-corrected chi connectivity index (χ4v) is 18.4. The Labute approximate surface area is 707 Å². The van der Waals surface area contributed by atoms with Gasteiger partial charge in [-0.3, -0.25) is 0 Å². The van der Waals surface area contributed by atoms with Gasteiger partial charge in [-0.1, -0.05) is 270 Å². The van der Waals surface area contributed by atoms with Gasteiger partial charge in [0, 0.05) is 82.6 Å². The first-order valence-electron chi connectivity index (χ1n) is 42.9. The van der Waals surface area contributed by atoms with E-state index in [1.54, 1.807) is 0 Å². The summed E-state index contributed by atoms with van der Waals surface area (Å²) in [5.41, 5.74) is 27.2. The molecular weight excluding hydrogens is 1450 g/mol. The number of rotatable bonds is 12. The first kappa shape index (κ1) is 77.0. The van der Waals surface area contributed by atoms with Gasteiger partial charge in [-0.2, -0.15) is 0 Å². The van der Waals surface area contributed by atoms with Crippen molar-refractivity contribution in [1.82, 2.24) is 13.7 Å². The Bertz CT molecular complexity index is 6330. The molecule has 6 nitrogen and oxygen atoms in total. The van der Waals surface area contributed by atoms with Gasteiger partial charge in [0.1, 0.15) is 0 Å². The highest BCUT2D eigenvalue weighted by Crippen LogP contribution is 2.52. The van der Waals surface area contributed by atoms with E-state index in [-0.39, 0.29) is 32.5 Å². The maximum absolute atomic E-state index is 2.52. The first-order chi connectivity index (χ1) is 57.3. The maximum Gasteiger partial charge on any atom is 0.0541 e. The van der Waals surface area contributed by atoms with Gasteiger partial charge < -0.3 is 28.4 Å². The Morgan fingerprint density at radius 1 is 0.167 bits per heavy atom. The molecule has 0 amide bonds. The molecule has 0 N–H and O–H groups in total. The van der Waals surface area contributed by atoms with Crippen molar-refractivity contribution in [1.29, 1.82) is 0 Å². The zero-order valence-electron chi connectivity index (χ0n) is 72.9. The lowest BCUT2D eigenvalue weighted by Crippen LogP contribution is -2.17. The van der Waals surface area contributed by atoms with Crippen LogP contribution in [0.2, 0.25) is 0 Å². The Morgan fingerprint density at radius 2 is 0.358 bits per heavy atom. The standard InChI is InChI=1S/C114H108N6/c1-109(2,3)76-40-58-103-94(64-76)95-65-77(110(4,5)6)41-59-104(95)118(103)85-52-46-82(47-53-85)115(100-37-25-31-73-28-19-22-34-91(73)100)88-70-89(116(101-38-26-32-74-29-20-23-35-92(74)101)83-48-54-86(55-49-83)119-105-60-42-78(111(7,8)9)66-96(105)97-67-79(112(10,11)12)43-61-106(97)119)72-90(71-88)117(102-39-27-33-75-30-21-24-36-93(75)102)84-50-56-87(57-51-84)120-107-62-44-80(113(13,14)15)68-98(107)99-69-81(114(16,17)18)45-63-108(99)120/h19-72H,1-18H3. The summed E-state index contributed by atoms with van der Waals surface area (Å²) >= 11 is 0. The second-order valence-corrected chi connectivity index (χ2v) is 39.7. The zero-order chi connectivity index (χ0) is 83.4. The third kappa shape index (κ3) is 13.5. The van der Waals surface area contributed by atoms with E-state index in [0.717, 1.165) is 101 Å². The fourth-order valence-electron chi connectivity index (χ4n) is 18.4. The van der Waals surface area contributed by atoms with Gasteiger partial charge in [-0.05, 0) is 264 Å². The number of nitrogens with zero attached hydrogens (tertiary/aromatic N) is 6. The van der Waals surface area contributed by atoms with Crippen LogP contribution in [0.15, 0.2) is 328 Å². The lowest BCUT2D eigenvalue weighted by Gasteiger charge is -2.34. The molecule has 0 aliphatic rings. The second-order valence-electron chi connectivity index (χ2n) is 39.7. The van der Waals surface area contributed by atoms with Gasteiger partial charge in [0.2, 0.25) is 0 Å². The van der Waals surface area contributed by atoms with Crippen LogP contribution in [0.25, 0.3) is 115 Å². The SMILES string of the molecule is CC(C)(C)c1ccc2c(c1)c1cc(C(C)(C)C)ccc1n2-c1ccc(N(c2cc(N(c3ccc(-n4c5ccc(C(C)(C)C)cc5c5cc(C(C)(C)C)ccc54)cc3)c3cccc4ccccc34)cc(N(c3ccc(-n4c5ccc(C(C)(C)C)cc5c5cc(C(C)(C)C)ccc54)cc3)c3cccc4ccccc34)c2)c2cccc3ccccc23)cc1. The molecule has 120 heavy (non-hydrogen) atoms. The molecule has 16 aromatic carbocycles. The summed E-state index contributed by atoms with van der Waals surface area (Å²) in [4.78, 5) is 7.55. The fraction of sp³-hybridized carbons (Fsp3) is 0.211. The van der Waals surface area contributed by atoms with Crippen molar-refractivity contribution in [2.24, 2.45) is 0 Å². The topological polar surface area (TPSA) is 24.5 Å². The van der Waals surface area contributed by atoms with Gasteiger partial charge in [0.25, 0.3) is 0 Å². The molecule has 594 valence electrons. The lowest BCUT2D eigenvalue weighted by atomic mass is 9.85. The minimum absolute atomic E-state index is 0.0348. The molecule has 0 radical (unpaired) electrons. The van der Waals surface area contributed by atoms with Crippen molar-refractivity contribution in [3.05, 3.63) is 361 Å². The molecule has 0 bridgehead atoms. The van der Waals surface area contributed by atoms with E-state index in [1.807, 2.05) is 0 Å². The van der Waals surface area contributed by atoms with Crippen LogP contribution in [0.4, 0.5) is 51.2 Å². The minimum atomic E-state index is -0.0348. The summed E-state index contributed by atoms with van der Waals surface area (Å²) in [5.74, 6) is 0. The smallest absolute Gasteiger partial charge is 0.0541 e. The quantitative estimate of drug-likeness (QED) is 0.122. The molecule has 19 rings (SSSR count). The van der Waals surface area contributed by atoms with Gasteiger partial charge >= 0.3 is 0 Å². The number of aromatic nitrogens is 3. The summed E-state index contributed by atoms with van der Waals surface area (Å²) < 4.78 is 7.44. The molecule has 0 fully saturated rings. The molecular formula is C114H108N6. The van der Waals surface area contributed by atoms with E-state index >= 15 is 0 Å². The summed E-state index contributed by atoms with van der Waals surface area (Å²) in [5, 5.41) is 14.4. The van der Waals surface area contributed by atoms with Crippen LogP contribution in [-0.2, 0) is 32.5 Å². The molecule has 0 saturated heterocycles. The number of fused-ring (bicyclic) bond motifs is 12. The van der Waals surface area contributed by atoms with E-state index in [2.05, 4.69) is 481 Å². The van der Waals surface area contributed by atoms with Crippen LogP contribution in [0, 0.1) is 0 Å². The van der Waals surface area contributed by atoms with Gasteiger partial charge in [0.15, 0.2) is 0 Å². The number of hydrogen-bond donors (Lipinski definition) is 0. The van der Waals surface area contributed by atoms with Gasteiger partial charge in [0.05, 0.1) is 67.2 Å². The molecule has 3 aromatic heterocycles. The molecule has 3 heterocycles. The van der Waals surface area contributed by atoms with E-state index in [4.69, 9.17) is 0 Å². The third-order valence-corrected chi connectivity index (χ3v) is 25.3. The highest BCUT2D eigenvalue weighted by Gasteiger charge is 2.30. The molecule has 6 heteroatoms. The number of benzene rings is 16.